The Hall–Kier alpha value is -1.43. The lowest BCUT2D eigenvalue weighted by molar-refractivity contribution is 0.109. The van der Waals surface area contributed by atoms with E-state index in [4.69, 9.17) is 14.2 Å². The van der Waals surface area contributed by atoms with E-state index in [-0.39, 0.29) is 6.10 Å². The van der Waals surface area contributed by atoms with Crippen LogP contribution in [0.3, 0.4) is 0 Å². The second-order valence-corrected chi connectivity index (χ2v) is 5.11. The molecule has 0 amide bonds. The fourth-order valence-corrected chi connectivity index (χ4v) is 2.29. The van der Waals surface area contributed by atoms with Gasteiger partial charge in [-0.1, -0.05) is 40.8 Å². The Labute approximate surface area is 125 Å². The Morgan fingerprint density at radius 2 is 1.89 bits per heavy atom. The Morgan fingerprint density at radius 3 is 2.68 bits per heavy atom. The lowest BCUT2D eigenvalue weighted by Gasteiger charge is -2.25. The summed E-state index contributed by atoms with van der Waals surface area (Å²) in [5.74, 6) is 3.09. The SMILES string of the molecule is ICC1COc2ccc(Oc3ccccc3)cc2O1. The van der Waals surface area contributed by atoms with Crippen molar-refractivity contribution in [3.8, 4) is 23.0 Å². The van der Waals surface area contributed by atoms with Crippen molar-refractivity contribution in [3.05, 3.63) is 48.5 Å². The summed E-state index contributed by atoms with van der Waals surface area (Å²) >= 11 is 2.30. The van der Waals surface area contributed by atoms with Crippen LogP contribution in [-0.2, 0) is 0 Å². The molecule has 0 aromatic heterocycles. The third-order valence-electron chi connectivity index (χ3n) is 2.78. The third-order valence-corrected chi connectivity index (χ3v) is 3.77. The van der Waals surface area contributed by atoms with Crippen LogP contribution in [0.4, 0.5) is 0 Å². The van der Waals surface area contributed by atoms with Crippen LogP contribution in [0.5, 0.6) is 23.0 Å². The third kappa shape index (κ3) is 2.94. The standard InChI is InChI=1S/C15H13IO3/c16-9-13-10-17-14-7-6-12(8-15(14)19-13)18-11-4-2-1-3-5-11/h1-8,13H,9-10H2. The molecule has 4 heteroatoms. The summed E-state index contributed by atoms with van der Waals surface area (Å²) in [7, 11) is 0. The van der Waals surface area contributed by atoms with Crippen LogP contribution in [0.2, 0.25) is 0 Å². The largest absolute Gasteiger partial charge is 0.486 e. The highest BCUT2D eigenvalue weighted by Crippen LogP contribution is 2.36. The van der Waals surface area contributed by atoms with Crippen molar-refractivity contribution in [1.29, 1.82) is 0 Å². The van der Waals surface area contributed by atoms with Crippen molar-refractivity contribution < 1.29 is 14.2 Å². The smallest absolute Gasteiger partial charge is 0.165 e. The van der Waals surface area contributed by atoms with Crippen LogP contribution in [0.1, 0.15) is 0 Å². The number of alkyl halides is 1. The van der Waals surface area contributed by atoms with Crippen molar-refractivity contribution in [2.24, 2.45) is 0 Å². The quantitative estimate of drug-likeness (QED) is 0.604. The Balaban J connectivity index is 1.81. The Kier molecular flexibility index (Phi) is 3.77. The average molecular weight is 368 g/mol. The zero-order valence-corrected chi connectivity index (χ0v) is 12.4. The van der Waals surface area contributed by atoms with Crippen LogP contribution in [0, 0.1) is 0 Å². The monoisotopic (exact) mass is 368 g/mol. The minimum atomic E-state index is 0.111. The zero-order valence-electron chi connectivity index (χ0n) is 10.2. The lowest BCUT2D eigenvalue weighted by atomic mass is 10.2. The molecule has 1 aliphatic heterocycles. The van der Waals surface area contributed by atoms with Crippen LogP contribution < -0.4 is 14.2 Å². The maximum Gasteiger partial charge on any atom is 0.165 e. The van der Waals surface area contributed by atoms with Crippen LogP contribution in [0.15, 0.2) is 48.5 Å². The summed E-state index contributed by atoms with van der Waals surface area (Å²) in [6.07, 6.45) is 0.111. The highest BCUT2D eigenvalue weighted by molar-refractivity contribution is 14.1. The maximum atomic E-state index is 5.85. The summed E-state index contributed by atoms with van der Waals surface area (Å²) in [4.78, 5) is 0. The minimum absolute atomic E-state index is 0.111. The summed E-state index contributed by atoms with van der Waals surface area (Å²) in [5, 5.41) is 0. The fraction of sp³-hybridized carbons (Fsp3) is 0.200. The van der Waals surface area contributed by atoms with Gasteiger partial charge in [-0.15, -0.1) is 0 Å². The van der Waals surface area contributed by atoms with Crippen LogP contribution in [-0.4, -0.2) is 17.1 Å². The van der Waals surface area contributed by atoms with Crippen molar-refractivity contribution in [3.63, 3.8) is 0 Å². The highest BCUT2D eigenvalue weighted by Gasteiger charge is 2.20. The first kappa shape index (κ1) is 12.6. The van der Waals surface area contributed by atoms with Gasteiger partial charge in [0.25, 0.3) is 0 Å². The van der Waals surface area contributed by atoms with E-state index in [0.29, 0.717) is 6.61 Å². The molecule has 0 spiro atoms. The number of hydrogen-bond donors (Lipinski definition) is 0. The molecule has 2 aromatic rings. The van der Waals surface area contributed by atoms with E-state index in [1.54, 1.807) is 0 Å². The first-order chi connectivity index (χ1) is 9.35. The molecule has 1 unspecified atom stereocenters. The molecule has 3 nitrogen and oxygen atoms in total. The lowest BCUT2D eigenvalue weighted by Crippen LogP contribution is -2.30. The molecule has 0 radical (unpaired) electrons. The molecule has 0 N–H and O–H groups in total. The molecule has 0 saturated carbocycles. The maximum absolute atomic E-state index is 5.85. The van der Waals surface area contributed by atoms with Crippen molar-refractivity contribution >= 4 is 22.6 Å². The predicted octanol–water partition coefficient (Wildman–Crippen LogP) is 4.05. The van der Waals surface area contributed by atoms with Crippen molar-refractivity contribution in [1.82, 2.24) is 0 Å². The normalized spacial score (nSPS) is 17.0. The van der Waals surface area contributed by atoms with E-state index < -0.39 is 0 Å². The van der Waals surface area contributed by atoms with Gasteiger partial charge in [-0.05, 0) is 24.3 Å². The molecule has 1 heterocycles. The second-order valence-electron chi connectivity index (χ2n) is 4.23. The van der Waals surface area contributed by atoms with Gasteiger partial charge in [0, 0.05) is 10.5 Å². The van der Waals surface area contributed by atoms with E-state index in [1.165, 1.54) is 0 Å². The fourth-order valence-electron chi connectivity index (χ4n) is 1.86. The molecule has 0 saturated heterocycles. The number of hydrogen-bond acceptors (Lipinski definition) is 3. The molecule has 1 aliphatic rings. The number of rotatable bonds is 3. The molecule has 0 fully saturated rings. The van der Waals surface area contributed by atoms with Gasteiger partial charge in [-0.3, -0.25) is 0 Å². The molecule has 0 bridgehead atoms. The number of ether oxygens (including phenoxy) is 3. The molecule has 1 atom stereocenters. The molecule has 2 aromatic carbocycles. The zero-order chi connectivity index (χ0) is 13.1. The molecular formula is C15H13IO3. The average Bonchev–Trinajstić information content (AvgIpc) is 2.47. The number of para-hydroxylation sites is 1. The summed E-state index contributed by atoms with van der Waals surface area (Å²) in [5.41, 5.74) is 0. The number of fused-ring (bicyclic) bond motifs is 1. The van der Waals surface area contributed by atoms with Crippen LogP contribution in [0.25, 0.3) is 0 Å². The first-order valence-electron chi connectivity index (χ1n) is 6.07. The van der Waals surface area contributed by atoms with Crippen molar-refractivity contribution in [2.75, 3.05) is 11.0 Å². The topological polar surface area (TPSA) is 27.7 Å². The Bertz CT molecular complexity index is 557. The van der Waals surface area contributed by atoms with E-state index in [0.717, 1.165) is 27.4 Å². The predicted molar refractivity (Wildman–Crippen MR) is 81.8 cm³/mol. The minimum Gasteiger partial charge on any atom is -0.486 e. The van der Waals surface area contributed by atoms with Crippen molar-refractivity contribution in [2.45, 2.75) is 6.10 Å². The van der Waals surface area contributed by atoms with Gasteiger partial charge in [-0.2, -0.15) is 0 Å². The number of benzene rings is 2. The van der Waals surface area contributed by atoms with E-state index in [2.05, 4.69) is 22.6 Å². The molecule has 98 valence electrons. The van der Waals surface area contributed by atoms with E-state index >= 15 is 0 Å². The van der Waals surface area contributed by atoms with Gasteiger partial charge in [-0.25, -0.2) is 0 Å². The highest BCUT2D eigenvalue weighted by atomic mass is 127. The molecule has 0 aliphatic carbocycles. The van der Waals surface area contributed by atoms with E-state index in [1.807, 2.05) is 48.5 Å². The first-order valence-corrected chi connectivity index (χ1v) is 7.60. The van der Waals surface area contributed by atoms with E-state index in [9.17, 15) is 0 Å². The van der Waals surface area contributed by atoms with Gasteiger partial charge < -0.3 is 14.2 Å². The van der Waals surface area contributed by atoms with Gasteiger partial charge in [0.2, 0.25) is 0 Å². The molecular weight excluding hydrogens is 355 g/mol. The van der Waals surface area contributed by atoms with Gasteiger partial charge in [0.05, 0.1) is 0 Å². The Morgan fingerprint density at radius 1 is 1.05 bits per heavy atom. The second kappa shape index (κ2) is 5.69. The van der Waals surface area contributed by atoms with Gasteiger partial charge >= 0.3 is 0 Å². The summed E-state index contributed by atoms with van der Waals surface area (Å²) < 4.78 is 18.2. The summed E-state index contributed by atoms with van der Waals surface area (Å²) in [6, 6.07) is 15.3. The summed E-state index contributed by atoms with van der Waals surface area (Å²) in [6.45, 7) is 0.606. The molecule has 19 heavy (non-hydrogen) atoms. The molecule has 3 rings (SSSR count). The van der Waals surface area contributed by atoms with Crippen LogP contribution >= 0.6 is 22.6 Å². The van der Waals surface area contributed by atoms with Gasteiger partial charge in [0.15, 0.2) is 11.5 Å². The number of halogens is 1. The van der Waals surface area contributed by atoms with Gasteiger partial charge in [0.1, 0.15) is 24.2 Å².